The molecule has 0 saturated heterocycles. The van der Waals surface area contributed by atoms with Crippen molar-refractivity contribution in [1.82, 2.24) is 0 Å². The van der Waals surface area contributed by atoms with Crippen molar-refractivity contribution in [3.8, 4) is 5.75 Å². The fourth-order valence-corrected chi connectivity index (χ4v) is 2.38. The maximum atomic E-state index is 12.1. The first-order chi connectivity index (χ1) is 11.8. The van der Waals surface area contributed by atoms with E-state index >= 15 is 0 Å². The summed E-state index contributed by atoms with van der Waals surface area (Å²) in [6, 6.07) is 10.6. The summed E-state index contributed by atoms with van der Waals surface area (Å²) in [5, 5.41) is 13.8. The zero-order valence-corrected chi connectivity index (χ0v) is 14.8. The molecule has 0 bridgehead atoms. The lowest BCUT2D eigenvalue weighted by atomic mass is 10.0. The Kier molecular flexibility index (Phi) is 5.75. The molecule has 0 fully saturated rings. The van der Waals surface area contributed by atoms with Crippen molar-refractivity contribution in [2.75, 3.05) is 11.9 Å². The number of hydrogen-bond donors (Lipinski definition) is 1. The van der Waals surface area contributed by atoms with Crippen molar-refractivity contribution in [3.63, 3.8) is 0 Å². The highest BCUT2D eigenvalue weighted by atomic mass is 16.6. The van der Waals surface area contributed by atoms with Gasteiger partial charge in [0.2, 0.25) is 0 Å². The van der Waals surface area contributed by atoms with Crippen molar-refractivity contribution in [2.45, 2.75) is 33.6 Å². The highest BCUT2D eigenvalue weighted by Gasteiger charge is 2.19. The summed E-state index contributed by atoms with van der Waals surface area (Å²) in [5.74, 6) is 0.557. The summed E-state index contributed by atoms with van der Waals surface area (Å²) >= 11 is 0. The van der Waals surface area contributed by atoms with Gasteiger partial charge in [-0.3, -0.25) is 14.9 Å². The fraction of sp³-hybridized carbons (Fsp3) is 0.316. The van der Waals surface area contributed by atoms with Gasteiger partial charge in [-0.1, -0.05) is 32.0 Å². The molecule has 1 amide bonds. The molecule has 0 aliphatic carbocycles. The third-order valence-electron chi connectivity index (χ3n) is 4.09. The van der Waals surface area contributed by atoms with E-state index in [9.17, 15) is 14.9 Å². The van der Waals surface area contributed by atoms with Gasteiger partial charge in [-0.2, -0.15) is 0 Å². The predicted octanol–water partition coefficient (Wildman–Crippen LogP) is 4.35. The summed E-state index contributed by atoms with van der Waals surface area (Å²) in [4.78, 5) is 22.8. The number of amides is 1. The molecule has 1 N–H and O–H groups in total. The molecule has 0 aromatic heterocycles. The van der Waals surface area contributed by atoms with Gasteiger partial charge in [0, 0.05) is 6.07 Å². The van der Waals surface area contributed by atoms with Crippen LogP contribution in [0.25, 0.3) is 0 Å². The number of carbonyl (C=O) groups is 1. The first kappa shape index (κ1) is 18.4. The van der Waals surface area contributed by atoms with Gasteiger partial charge in [-0.25, -0.2) is 0 Å². The molecule has 0 saturated carbocycles. The van der Waals surface area contributed by atoms with Gasteiger partial charge in [0.25, 0.3) is 11.6 Å². The summed E-state index contributed by atoms with van der Waals surface area (Å²) in [7, 11) is 0. The highest BCUT2D eigenvalue weighted by molar-refractivity contribution is 5.95. The van der Waals surface area contributed by atoms with Crippen LogP contribution >= 0.6 is 0 Å². The summed E-state index contributed by atoms with van der Waals surface area (Å²) in [6.45, 7) is 7.55. The fourth-order valence-electron chi connectivity index (χ4n) is 2.38. The number of benzene rings is 2. The van der Waals surface area contributed by atoms with Crippen LogP contribution in [-0.4, -0.2) is 17.4 Å². The second-order valence-electron chi connectivity index (χ2n) is 6.22. The Balaban J connectivity index is 2.05. The standard InChI is InChI=1S/C19H22N2O4/c1-12(2)15-6-8-16(9-7-15)25-11-18(22)20-19-14(4)13(3)5-10-17(19)21(23)24/h5-10,12H,11H2,1-4H3,(H,20,22). The molecule has 25 heavy (non-hydrogen) atoms. The Morgan fingerprint density at radius 2 is 1.80 bits per heavy atom. The van der Waals surface area contributed by atoms with Crippen LogP contribution in [0.5, 0.6) is 5.75 Å². The minimum absolute atomic E-state index is 0.127. The third kappa shape index (κ3) is 4.56. The van der Waals surface area contributed by atoms with E-state index < -0.39 is 10.8 Å². The lowest BCUT2D eigenvalue weighted by molar-refractivity contribution is -0.384. The molecular formula is C19H22N2O4. The molecule has 0 heterocycles. The van der Waals surface area contributed by atoms with E-state index in [4.69, 9.17) is 4.74 Å². The highest BCUT2D eigenvalue weighted by Crippen LogP contribution is 2.30. The van der Waals surface area contributed by atoms with E-state index in [1.165, 1.54) is 11.6 Å². The lowest BCUT2D eigenvalue weighted by Gasteiger charge is -2.12. The van der Waals surface area contributed by atoms with Gasteiger partial charge in [0.1, 0.15) is 11.4 Å². The van der Waals surface area contributed by atoms with Crippen molar-refractivity contribution in [1.29, 1.82) is 0 Å². The second kappa shape index (κ2) is 7.79. The van der Waals surface area contributed by atoms with E-state index in [1.807, 2.05) is 31.2 Å². The average molecular weight is 342 g/mol. The number of ether oxygens (including phenoxy) is 1. The Morgan fingerprint density at radius 1 is 1.16 bits per heavy atom. The number of nitro benzene ring substituents is 1. The molecule has 0 unspecified atom stereocenters. The number of carbonyl (C=O) groups excluding carboxylic acids is 1. The smallest absolute Gasteiger partial charge is 0.293 e. The quantitative estimate of drug-likeness (QED) is 0.625. The van der Waals surface area contributed by atoms with E-state index in [0.717, 1.165) is 5.56 Å². The molecule has 0 spiro atoms. The average Bonchev–Trinajstić information content (AvgIpc) is 2.57. The summed E-state index contributed by atoms with van der Waals surface area (Å²) < 4.78 is 5.46. The molecule has 2 aromatic rings. The van der Waals surface area contributed by atoms with Crippen molar-refractivity contribution < 1.29 is 14.5 Å². The lowest BCUT2D eigenvalue weighted by Crippen LogP contribution is -2.21. The van der Waals surface area contributed by atoms with Gasteiger partial charge in [-0.05, 0) is 48.6 Å². The van der Waals surface area contributed by atoms with Gasteiger partial charge in [-0.15, -0.1) is 0 Å². The number of anilines is 1. The second-order valence-corrected chi connectivity index (χ2v) is 6.22. The molecule has 6 heteroatoms. The van der Waals surface area contributed by atoms with Gasteiger partial charge in [0.05, 0.1) is 4.92 Å². The molecule has 2 rings (SSSR count). The van der Waals surface area contributed by atoms with Crippen LogP contribution in [0.3, 0.4) is 0 Å². The van der Waals surface area contributed by atoms with Crippen LogP contribution in [0.1, 0.15) is 36.5 Å². The number of nitrogens with zero attached hydrogens (tertiary/aromatic N) is 1. The first-order valence-electron chi connectivity index (χ1n) is 8.06. The third-order valence-corrected chi connectivity index (χ3v) is 4.09. The molecular weight excluding hydrogens is 320 g/mol. The van der Waals surface area contributed by atoms with Crippen molar-refractivity contribution in [2.24, 2.45) is 0 Å². The SMILES string of the molecule is Cc1ccc([N+](=O)[O-])c(NC(=O)COc2ccc(C(C)C)cc2)c1C. The maximum Gasteiger partial charge on any atom is 0.293 e. The van der Waals surface area contributed by atoms with Crippen molar-refractivity contribution in [3.05, 3.63) is 63.2 Å². The minimum Gasteiger partial charge on any atom is -0.484 e. The molecule has 0 radical (unpaired) electrons. The van der Waals surface area contributed by atoms with Gasteiger partial charge in [0.15, 0.2) is 6.61 Å². The van der Waals surface area contributed by atoms with E-state index in [2.05, 4.69) is 19.2 Å². The number of nitrogens with one attached hydrogen (secondary N) is 1. The van der Waals surface area contributed by atoms with E-state index in [1.54, 1.807) is 13.0 Å². The Hall–Kier alpha value is -2.89. The summed E-state index contributed by atoms with van der Waals surface area (Å²) in [5.41, 5.74) is 2.81. The van der Waals surface area contributed by atoms with Crippen LogP contribution < -0.4 is 10.1 Å². The molecule has 132 valence electrons. The Labute approximate surface area is 147 Å². The molecule has 0 aliphatic heterocycles. The Bertz CT molecular complexity index is 783. The predicted molar refractivity (Wildman–Crippen MR) is 97.2 cm³/mol. The topological polar surface area (TPSA) is 81.5 Å². The summed E-state index contributed by atoms with van der Waals surface area (Å²) in [6.07, 6.45) is 0. The monoisotopic (exact) mass is 342 g/mol. The first-order valence-corrected chi connectivity index (χ1v) is 8.06. The number of nitro groups is 1. The van der Waals surface area contributed by atoms with Gasteiger partial charge >= 0.3 is 0 Å². The van der Waals surface area contributed by atoms with E-state index in [0.29, 0.717) is 17.2 Å². The largest absolute Gasteiger partial charge is 0.484 e. The molecule has 2 aromatic carbocycles. The molecule has 0 aliphatic rings. The van der Waals surface area contributed by atoms with Gasteiger partial charge < -0.3 is 10.1 Å². The van der Waals surface area contributed by atoms with Crippen LogP contribution in [0.15, 0.2) is 36.4 Å². The van der Waals surface area contributed by atoms with Crippen LogP contribution in [-0.2, 0) is 4.79 Å². The minimum atomic E-state index is -0.506. The van der Waals surface area contributed by atoms with Crippen molar-refractivity contribution >= 4 is 17.3 Å². The normalized spacial score (nSPS) is 10.6. The molecule has 6 nitrogen and oxygen atoms in total. The number of rotatable bonds is 6. The van der Waals surface area contributed by atoms with Crippen LogP contribution in [0, 0.1) is 24.0 Å². The zero-order valence-electron chi connectivity index (χ0n) is 14.8. The number of hydrogen-bond acceptors (Lipinski definition) is 4. The maximum absolute atomic E-state index is 12.1. The molecule has 0 atom stereocenters. The van der Waals surface area contributed by atoms with Crippen LogP contribution in [0.2, 0.25) is 0 Å². The zero-order chi connectivity index (χ0) is 18.6. The van der Waals surface area contributed by atoms with Crippen LogP contribution in [0.4, 0.5) is 11.4 Å². The number of aryl methyl sites for hydroxylation is 1. The van der Waals surface area contributed by atoms with E-state index in [-0.39, 0.29) is 18.0 Å². The Morgan fingerprint density at radius 3 is 2.36 bits per heavy atom.